The molecule has 1 unspecified atom stereocenters. The van der Waals surface area contributed by atoms with Crippen molar-refractivity contribution in [1.29, 1.82) is 0 Å². The number of hydrogen-bond acceptors (Lipinski definition) is 3. The molecule has 0 bridgehead atoms. The molecular weight excluding hydrogens is 364 g/mol. The number of nitrogens with zero attached hydrogens (tertiary/aromatic N) is 1. The number of amides is 2. The summed E-state index contributed by atoms with van der Waals surface area (Å²) in [6.45, 7) is 7.01. The molecule has 5 heteroatoms. The maximum atomic E-state index is 13.4. The lowest BCUT2D eigenvalue weighted by molar-refractivity contribution is -0.119. The Morgan fingerprint density at radius 3 is 2.34 bits per heavy atom. The minimum atomic E-state index is -0.545. The smallest absolute Gasteiger partial charge is 0.235 e. The summed E-state index contributed by atoms with van der Waals surface area (Å²) in [5.74, 6) is 0.963. The third kappa shape index (κ3) is 3.18. The Labute approximate surface area is 172 Å². The number of hydrogen-bond donors (Lipinski definition) is 1. The lowest BCUT2D eigenvalue weighted by atomic mass is 9.87. The Hall–Kier alpha value is -2.82. The van der Waals surface area contributed by atoms with Crippen molar-refractivity contribution >= 4 is 23.2 Å². The lowest BCUT2D eigenvalue weighted by Gasteiger charge is -2.22. The number of aryl methyl sites for hydroxylation is 1. The quantitative estimate of drug-likeness (QED) is 0.819. The van der Waals surface area contributed by atoms with Crippen LogP contribution in [0.5, 0.6) is 5.75 Å². The lowest BCUT2D eigenvalue weighted by Crippen LogP contribution is -2.32. The van der Waals surface area contributed by atoms with Crippen LogP contribution in [0.1, 0.15) is 44.2 Å². The zero-order chi connectivity index (χ0) is 20.8. The van der Waals surface area contributed by atoms with E-state index in [2.05, 4.69) is 19.2 Å². The summed E-state index contributed by atoms with van der Waals surface area (Å²) in [7, 11) is 1.64. The molecule has 2 aromatic carbocycles. The summed E-state index contributed by atoms with van der Waals surface area (Å²) in [4.78, 5) is 27.3. The zero-order valence-electron chi connectivity index (χ0n) is 17.5. The van der Waals surface area contributed by atoms with Gasteiger partial charge in [0.05, 0.1) is 12.5 Å². The fourth-order valence-corrected chi connectivity index (χ4v) is 4.68. The van der Waals surface area contributed by atoms with Crippen LogP contribution in [-0.2, 0) is 15.0 Å². The molecule has 2 fully saturated rings. The van der Waals surface area contributed by atoms with Crippen molar-refractivity contribution in [2.24, 2.45) is 5.41 Å². The van der Waals surface area contributed by atoms with E-state index >= 15 is 0 Å². The van der Waals surface area contributed by atoms with Gasteiger partial charge in [-0.1, -0.05) is 26.0 Å². The number of benzene rings is 2. The molecule has 1 N–H and O–H groups in total. The van der Waals surface area contributed by atoms with Gasteiger partial charge in [0.25, 0.3) is 0 Å². The van der Waals surface area contributed by atoms with E-state index < -0.39 is 5.41 Å². The molecule has 1 saturated carbocycles. The first-order chi connectivity index (χ1) is 13.8. The normalized spacial score (nSPS) is 22.5. The first kappa shape index (κ1) is 19.5. The number of nitrogens with one attached hydrogen (secondary N) is 1. The third-order valence-electron chi connectivity index (χ3n) is 6.53. The van der Waals surface area contributed by atoms with Gasteiger partial charge >= 0.3 is 0 Å². The Morgan fingerprint density at radius 2 is 1.83 bits per heavy atom. The van der Waals surface area contributed by atoms with E-state index in [0.717, 1.165) is 47.6 Å². The second kappa shape index (κ2) is 6.90. The van der Waals surface area contributed by atoms with E-state index in [1.807, 2.05) is 54.3 Å². The number of methoxy groups -OCH3 is 1. The average molecular weight is 392 g/mol. The second-order valence-corrected chi connectivity index (χ2v) is 8.80. The van der Waals surface area contributed by atoms with Crippen LogP contribution in [0.15, 0.2) is 42.5 Å². The van der Waals surface area contributed by atoms with E-state index in [4.69, 9.17) is 4.74 Å². The molecule has 1 atom stereocenters. The van der Waals surface area contributed by atoms with Crippen LogP contribution in [0.2, 0.25) is 0 Å². The molecule has 152 valence electrons. The van der Waals surface area contributed by atoms with Crippen molar-refractivity contribution in [3.63, 3.8) is 0 Å². The molecule has 0 radical (unpaired) electrons. The van der Waals surface area contributed by atoms with Gasteiger partial charge in [0.2, 0.25) is 11.8 Å². The van der Waals surface area contributed by atoms with Gasteiger partial charge in [0.15, 0.2) is 0 Å². The highest BCUT2D eigenvalue weighted by atomic mass is 16.5. The van der Waals surface area contributed by atoms with Gasteiger partial charge in [-0.25, -0.2) is 0 Å². The van der Waals surface area contributed by atoms with E-state index in [9.17, 15) is 9.59 Å². The SMILES string of the molecule is COc1ccc(C2(C(=O)Nc3ccc(N4CCCC4=O)c(C)c3)CC2(C)C)cc1. The average Bonchev–Trinajstić information content (AvgIpc) is 3.05. The Morgan fingerprint density at radius 1 is 1.14 bits per heavy atom. The molecule has 4 rings (SSSR count). The van der Waals surface area contributed by atoms with Gasteiger partial charge in [-0.15, -0.1) is 0 Å². The van der Waals surface area contributed by atoms with E-state index in [0.29, 0.717) is 6.42 Å². The minimum Gasteiger partial charge on any atom is -0.497 e. The predicted octanol–water partition coefficient (Wildman–Crippen LogP) is 4.44. The first-order valence-corrected chi connectivity index (χ1v) is 10.2. The largest absolute Gasteiger partial charge is 0.497 e. The molecular formula is C24H28N2O3. The van der Waals surface area contributed by atoms with Gasteiger partial charge in [0, 0.05) is 24.3 Å². The minimum absolute atomic E-state index is 0.0112. The van der Waals surface area contributed by atoms with Gasteiger partial charge < -0.3 is 15.0 Å². The molecule has 1 heterocycles. The molecule has 2 amide bonds. The third-order valence-corrected chi connectivity index (χ3v) is 6.53. The topological polar surface area (TPSA) is 58.6 Å². The summed E-state index contributed by atoms with van der Waals surface area (Å²) >= 11 is 0. The number of rotatable bonds is 5. The Balaban J connectivity index is 1.57. The van der Waals surface area contributed by atoms with Crippen LogP contribution in [0.25, 0.3) is 0 Å². The standard InChI is InChI=1S/C24H28N2O3/c1-16-14-18(9-12-20(16)26-13-5-6-21(26)27)25-22(28)24(15-23(24,2)3)17-7-10-19(29-4)11-8-17/h7-12,14H,5-6,13,15H2,1-4H3,(H,25,28). The summed E-state index contributed by atoms with van der Waals surface area (Å²) < 4.78 is 5.26. The van der Waals surface area contributed by atoms with Crippen molar-refractivity contribution in [3.8, 4) is 5.75 Å². The molecule has 2 aromatic rings. The fraction of sp³-hybridized carbons (Fsp3) is 0.417. The maximum absolute atomic E-state index is 13.4. The molecule has 0 aromatic heterocycles. The highest BCUT2D eigenvalue weighted by Crippen LogP contribution is 2.64. The Kier molecular flexibility index (Phi) is 4.64. The molecule has 1 aliphatic carbocycles. The molecule has 0 spiro atoms. The molecule has 5 nitrogen and oxygen atoms in total. The number of anilines is 2. The van der Waals surface area contributed by atoms with Gasteiger partial charge in [-0.2, -0.15) is 0 Å². The van der Waals surface area contributed by atoms with Crippen LogP contribution in [0.4, 0.5) is 11.4 Å². The number of carbonyl (C=O) groups is 2. The second-order valence-electron chi connectivity index (χ2n) is 8.80. The van der Waals surface area contributed by atoms with Crippen molar-refractivity contribution in [3.05, 3.63) is 53.6 Å². The van der Waals surface area contributed by atoms with Crippen molar-refractivity contribution in [1.82, 2.24) is 0 Å². The number of ether oxygens (including phenoxy) is 1. The van der Waals surface area contributed by atoms with Crippen LogP contribution < -0.4 is 15.0 Å². The monoisotopic (exact) mass is 392 g/mol. The van der Waals surface area contributed by atoms with E-state index in [1.165, 1.54) is 0 Å². The highest BCUT2D eigenvalue weighted by Gasteiger charge is 2.67. The van der Waals surface area contributed by atoms with Crippen molar-refractivity contribution in [2.45, 2.75) is 45.4 Å². The van der Waals surface area contributed by atoms with Gasteiger partial charge in [-0.05, 0) is 66.6 Å². The predicted molar refractivity (Wildman–Crippen MR) is 114 cm³/mol. The molecule has 1 aliphatic heterocycles. The molecule has 1 saturated heterocycles. The van der Waals surface area contributed by atoms with Crippen LogP contribution in [0, 0.1) is 12.3 Å². The fourth-order valence-electron chi connectivity index (χ4n) is 4.68. The summed E-state index contributed by atoms with van der Waals surface area (Å²) in [6.07, 6.45) is 2.31. The van der Waals surface area contributed by atoms with Crippen LogP contribution in [-0.4, -0.2) is 25.5 Å². The maximum Gasteiger partial charge on any atom is 0.235 e. The zero-order valence-corrected chi connectivity index (χ0v) is 17.5. The van der Waals surface area contributed by atoms with Crippen LogP contribution in [0.3, 0.4) is 0 Å². The molecule has 2 aliphatic rings. The van der Waals surface area contributed by atoms with Gasteiger partial charge in [0.1, 0.15) is 5.75 Å². The molecule has 29 heavy (non-hydrogen) atoms. The number of carbonyl (C=O) groups excluding carboxylic acids is 2. The summed E-state index contributed by atoms with van der Waals surface area (Å²) in [5.41, 5.74) is 3.04. The van der Waals surface area contributed by atoms with E-state index in [-0.39, 0.29) is 17.2 Å². The Bertz CT molecular complexity index is 965. The van der Waals surface area contributed by atoms with Gasteiger partial charge in [-0.3, -0.25) is 9.59 Å². The summed E-state index contributed by atoms with van der Waals surface area (Å²) in [6, 6.07) is 13.6. The van der Waals surface area contributed by atoms with Crippen molar-refractivity contribution < 1.29 is 14.3 Å². The van der Waals surface area contributed by atoms with Crippen LogP contribution >= 0.6 is 0 Å². The summed E-state index contributed by atoms with van der Waals surface area (Å²) in [5, 5.41) is 3.12. The van der Waals surface area contributed by atoms with E-state index in [1.54, 1.807) is 7.11 Å². The van der Waals surface area contributed by atoms with Crippen molar-refractivity contribution in [2.75, 3.05) is 23.9 Å². The first-order valence-electron chi connectivity index (χ1n) is 10.2. The highest BCUT2D eigenvalue weighted by molar-refractivity contribution is 6.03.